The zero-order chi connectivity index (χ0) is 14.2. The molecule has 0 heterocycles. The highest BCUT2D eigenvalue weighted by Crippen LogP contribution is 2.15. The molecule has 100 valence electrons. The number of benzene rings is 2. The number of carbonyl (C=O) groups is 1. The maximum Gasteiger partial charge on any atom is 0.411 e. The molecule has 4 nitrogen and oxygen atoms in total. The maximum absolute atomic E-state index is 11.7. The molecule has 1 amide bonds. The second-order valence-electron chi connectivity index (χ2n) is 4.18. The second kappa shape index (κ2) is 6.95. The summed E-state index contributed by atoms with van der Waals surface area (Å²) in [6.45, 7) is 0.215. The molecule has 0 bridgehead atoms. The van der Waals surface area contributed by atoms with Gasteiger partial charge in [-0.25, -0.2) is 4.79 Å². The summed E-state index contributed by atoms with van der Waals surface area (Å²) < 4.78 is 5.13. The molecule has 0 atom stereocenters. The summed E-state index contributed by atoms with van der Waals surface area (Å²) in [6, 6.07) is 18.7. The van der Waals surface area contributed by atoms with Crippen molar-refractivity contribution in [3.05, 3.63) is 65.7 Å². The fourth-order valence-corrected chi connectivity index (χ4v) is 1.75. The Morgan fingerprint density at radius 3 is 2.55 bits per heavy atom. The molecule has 0 saturated heterocycles. The fraction of sp³-hybridized carbons (Fsp3) is 0.125. The zero-order valence-electron chi connectivity index (χ0n) is 10.9. The van der Waals surface area contributed by atoms with Gasteiger partial charge in [-0.15, -0.1) is 0 Å². The number of carbonyl (C=O) groups excluding carboxylic acids is 1. The molecule has 0 aliphatic rings. The van der Waals surface area contributed by atoms with Crippen LogP contribution in [0.4, 0.5) is 10.5 Å². The number of hydrogen-bond donors (Lipinski definition) is 1. The van der Waals surface area contributed by atoms with E-state index in [2.05, 4.69) is 11.4 Å². The summed E-state index contributed by atoms with van der Waals surface area (Å²) in [6.07, 6.45) is -0.283. The first-order valence-corrected chi connectivity index (χ1v) is 6.22. The van der Waals surface area contributed by atoms with Crippen molar-refractivity contribution in [3.8, 4) is 6.07 Å². The highest BCUT2D eigenvalue weighted by atomic mass is 16.5. The molecule has 0 aliphatic heterocycles. The minimum atomic E-state index is -0.528. The minimum absolute atomic E-state index is 0.215. The van der Waals surface area contributed by atoms with Crippen molar-refractivity contribution in [1.29, 1.82) is 5.26 Å². The SMILES string of the molecule is N#CCc1ccccc1NC(=O)OCc1ccccc1. The van der Waals surface area contributed by atoms with E-state index >= 15 is 0 Å². The summed E-state index contributed by atoms with van der Waals surface area (Å²) in [7, 11) is 0. The standard InChI is InChI=1S/C16H14N2O2/c17-11-10-14-8-4-5-9-15(14)18-16(19)20-12-13-6-2-1-3-7-13/h1-9H,10,12H2,(H,18,19). The van der Waals surface area contributed by atoms with Gasteiger partial charge in [0.1, 0.15) is 6.61 Å². The number of ether oxygens (including phenoxy) is 1. The van der Waals surface area contributed by atoms with Crippen molar-refractivity contribution in [3.63, 3.8) is 0 Å². The van der Waals surface area contributed by atoms with Crippen LogP contribution in [0.1, 0.15) is 11.1 Å². The van der Waals surface area contributed by atoms with E-state index in [1.54, 1.807) is 18.2 Å². The highest BCUT2D eigenvalue weighted by molar-refractivity contribution is 5.85. The molecule has 2 aromatic carbocycles. The first kappa shape index (κ1) is 13.6. The van der Waals surface area contributed by atoms with Gasteiger partial charge in [-0.2, -0.15) is 5.26 Å². The van der Waals surface area contributed by atoms with Crippen LogP contribution in [0.2, 0.25) is 0 Å². The van der Waals surface area contributed by atoms with E-state index in [-0.39, 0.29) is 13.0 Å². The molecular formula is C16H14N2O2. The molecule has 2 rings (SSSR count). The lowest BCUT2D eigenvalue weighted by molar-refractivity contribution is 0.155. The molecule has 0 spiro atoms. The van der Waals surface area contributed by atoms with Gasteiger partial charge < -0.3 is 4.74 Å². The monoisotopic (exact) mass is 266 g/mol. The van der Waals surface area contributed by atoms with Gasteiger partial charge in [0.2, 0.25) is 0 Å². The number of amides is 1. The molecule has 0 saturated carbocycles. The predicted molar refractivity (Wildman–Crippen MR) is 76.0 cm³/mol. The van der Waals surface area contributed by atoms with E-state index in [9.17, 15) is 4.79 Å². The fourth-order valence-electron chi connectivity index (χ4n) is 1.75. The van der Waals surface area contributed by atoms with E-state index < -0.39 is 6.09 Å². The van der Waals surface area contributed by atoms with Crippen molar-refractivity contribution in [1.82, 2.24) is 0 Å². The lowest BCUT2D eigenvalue weighted by atomic mass is 10.1. The summed E-state index contributed by atoms with van der Waals surface area (Å²) in [4.78, 5) is 11.7. The number of hydrogen-bond acceptors (Lipinski definition) is 3. The van der Waals surface area contributed by atoms with Gasteiger partial charge >= 0.3 is 6.09 Å². The van der Waals surface area contributed by atoms with Crippen molar-refractivity contribution in [2.75, 3.05) is 5.32 Å². The molecule has 4 heteroatoms. The second-order valence-corrected chi connectivity index (χ2v) is 4.18. The number of nitrogens with one attached hydrogen (secondary N) is 1. The minimum Gasteiger partial charge on any atom is -0.444 e. The summed E-state index contributed by atoms with van der Waals surface area (Å²) in [5.41, 5.74) is 2.30. The molecule has 0 fully saturated rings. The number of para-hydroxylation sites is 1. The third kappa shape index (κ3) is 3.85. The van der Waals surface area contributed by atoms with E-state index in [1.807, 2.05) is 36.4 Å². The van der Waals surface area contributed by atoms with Gasteiger partial charge in [-0.1, -0.05) is 48.5 Å². The Bertz CT molecular complexity index is 618. The maximum atomic E-state index is 11.7. The van der Waals surface area contributed by atoms with Gasteiger partial charge in [0, 0.05) is 5.69 Å². The van der Waals surface area contributed by atoms with Crippen molar-refractivity contribution in [2.45, 2.75) is 13.0 Å². The van der Waals surface area contributed by atoms with Gasteiger partial charge in [-0.3, -0.25) is 5.32 Å². The number of anilines is 1. The van der Waals surface area contributed by atoms with Crippen LogP contribution in [-0.4, -0.2) is 6.09 Å². The van der Waals surface area contributed by atoms with Crippen LogP contribution in [0.25, 0.3) is 0 Å². The van der Waals surface area contributed by atoms with Gasteiger partial charge in [-0.05, 0) is 17.2 Å². The van der Waals surface area contributed by atoms with E-state index in [1.165, 1.54) is 0 Å². The molecule has 1 N–H and O–H groups in total. The van der Waals surface area contributed by atoms with Crippen LogP contribution in [0, 0.1) is 11.3 Å². The summed E-state index contributed by atoms with van der Waals surface area (Å²) in [5, 5.41) is 11.4. The lowest BCUT2D eigenvalue weighted by Gasteiger charge is -2.09. The predicted octanol–water partition coefficient (Wildman–Crippen LogP) is 3.50. The summed E-state index contributed by atoms with van der Waals surface area (Å²) in [5.74, 6) is 0. The van der Waals surface area contributed by atoms with Crippen molar-refractivity contribution < 1.29 is 9.53 Å². The molecule has 20 heavy (non-hydrogen) atoms. The number of rotatable bonds is 4. The van der Waals surface area contributed by atoms with Crippen LogP contribution < -0.4 is 5.32 Å². The Morgan fingerprint density at radius 1 is 1.10 bits per heavy atom. The molecule has 0 unspecified atom stereocenters. The normalized spacial score (nSPS) is 9.55. The third-order valence-corrected chi connectivity index (χ3v) is 2.74. The van der Waals surface area contributed by atoms with Crippen molar-refractivity contribution in [2.24, 2.45) is 0 Å². The largest absolute Gasteiger partial charge is 0.444 e. The Kier molecular flexibility index (Phi) is 4.74. The van der Waals surface area contributed by atoms with E-state index in [0.717, 1.165) is 11.1 Å². The summed E-state index contributed by atoms with van der Waals surface area (Å²) >= 11 is 0. The Balaban J connectivity index is 1.93. The quantitative estimate of drug-likeness (QED) is 0.921. The average Bonchev–Trinajstić information content (AvgIpc) is 2.49. The highest BCUT2D eigenvalue weighted by Gasteiger charge is 2.07. The Hall–Kier alpha value is -2.80. The number of nitrogens with zero attached hydrogens (tertiary/aromatic N) is 1. The van der Waals surface area contributed by atoms with Crippen LogP contribution >= 0.6 is 0 Å². The van der Waals surface area contributed by atoms with Crippen molar-refractivity contribution >= 4 is 11.8 Å². The Labute approximate surface area is 117 Å². The molecular weight excluding hydrogens is 252 g/mol. The zero-order valence-corrected chi connectivity index (χ0v) is 10.9. The van der Waals surface area contributed by atoms with Crippen LogP contribution in [-0.2, 0) is 17.8 Å². The van der Waals surface area contributed by atoms with Crippen LogP contribution in [0.15, 0.2) is 54.6 Å². The molecule has 0 radical (unpaired) electrons. The first-order valence-electron chi connectivity index (χ1n) is 6.22. The van der Waals surface area contributed by atoms with Crippen LogP contribution in [0.5, 0.6) is 0 Å². The molecule has 0 aliphatic carbocycles. The van der Waals surface area contributed by atoms with Crippen LogP contribution in [0.3, 0.4) is 0 Å². The third-order valence-electron chi connectivity index (χ3n) is 2.74. The first-order chi connectivity index (χ1) is 9.79. The van der Waals surface area contributed by atoms with Gasteiger partial charge in [0.25, 0.3) is 0 Å². The van der Waals surface area contributed by atoms with E-state index in [4.69, 9.17) is 10.00 Å². The Morgan fingerprint density at radius 2 is 1.80 bits per heavy atom. The molecule has 0 aromatic heterocycles. The van der Waals surface area contributed by atoms with E-state index in [0.29, 0.717) is 5.69 Å². The topological polar surface area (TPSA) is 62.1 Å². The molecule has 2 aromatic rings. The van der Waals surface area contributed by atoms with Gasteiger partial charge in [0.15, 0.2) is 0 Å². The number of nitriles is 1. The average molecular weight is 266 g/mol. The lowest BCUT2D eigenvalue weighted by Crippen LogP contribution is -2.14. The smallest absolute Gasteiger partial charge is 0.411 e. The van der Waals surface area contributed by atoms with Gasteiger partial charge in [0.05, 0.1) is 12.5 Å².